The SMILES string of the molecule is C1CCNC1.C1CCNCC1.c1cocn1.c1cscn1. The lowest BCUT2D eigenvalue weighted by molar-refractivity contribution is 0.520. The van der Waals surface area contributed by atoms with E-state index < -0.39 is 0 Å². The van der Waals surface area contributed by atoms with Gasteiger partial charge < -0.3 is 15.1 Å². The number of oxazole rings is 1. The fourth-order valence-electron chi connectivity index (χ4n) is 1.78. The Morgan fingerprint density at radius 3 is 1.67 bits per heavy atom. The number of hydrogen-bond donors (Lipinski definition) is 2. The van der Waals surface area contributed by atoms with Gasteiger partial charge in [0.1, 0.15) is 6.26 Å². The van der Waals surface area contributed by atoms with E-state index in [0.29, 0.717) is 0 Å². The molecule has 5 nitrogen and oxygen atoms in total. The summed E-state index contributed by atoms with van der Waals surface area (Å²) in [4.78, 5) is 7.30. The van der Waals surface area contributed by atoms with Crippen LogP contribution in [0, 0.1) is 0 Å². The molecule has 0 aromatic carbocycles. The maximum atomic E-state index is 4.47. The van der Waals surface area contributed by atoms with Crippen molar-refractivity contribution in [3.63, 3.8) is 0 Å². The maximum absolute atomic E-state index is 4.47. The van der Waals surface area contributed by atoms with Crippen LogP contribution in [0.1, 0.15) is 32.1 Å². The Labute approximate surface area is 131 Å². The van der Waals surface area contributed by atoms with E-state index in [9.17, 15) is 0 Å². The van der Waals surface area contributed by atoms with Crippen LogP contribution in [-0.4, -0.2) is 36.1 Å². The molecule has 4 heterocycles. The van der Waals surface area contributed by atoms with E-state index in [1.54, 1.807) is 29.2 Å². The molecule has 21 heavy (non-hydrogen) atoms. The Kier molecular flexibility index (Phi) is 12.9. The maximum Gasteiger partial charge on any atom is 0.180 e. The summed E-state index contributed by atoms with van der Waals surface area (Å²) in [5, 5.41) is 8.44. The molecule has 0 atom stereocenters. The summed E-state index contributed by atoms with van der Waals surface area (Å²) >= 11 is 1.60. The molecule has 0 unspecified atom stereocenters. The standard InChI is InChI=1S/C5H11N.C4H9N.C3H3NO.C3H3NS/c1-2-4-6-5-3-1;1-2-4-5-3-1;2*1-2-5-3-4-1/h6H,1-5H2;5H,1-4H2;2*1-3H. The molecule has 2 fully saturated rings. The van der Waals surface area contributed by atoms with Gasteiger partial charge in [0.25, 0.3) is 0 Å². The van der Waals surface area contributed by atoms with Gasteiger partial charge in [0.05, 0.1) is 11.7 Å². The first-order chi connectivity index (χ1) is 10.5. The second-order valence-electron chi connectivity index (χ2n) is 4.62. The zero-order valence-corrected chi connectivity index (χ0v) is 13.4. The van der Waals surface area contributed by atoms with E-state index in [1.165, 1.54) is 70.9 Å². The largest absolute Gasteiger partial charge is 0.452 e. The third-order valence-electron chi connectivity index (χ3n) is 2.86. The summed E-state index contributed by atoms with van der Waals surface area (Å²) < 4.78 is 4.47. The van der Waals surface area contributed by atoms with Crippen molar-refractivity contribution < 1.29 is 4.42 Å². The Balaban J connectivity index is 0.000000140. The number of piperidine rings is 1. The lowest BCUT2D eigenvalue weighted by Gasteiger charge is -2.08. The Bertz CT molecular complexity index is 279. The fourth-order valence-corrected chi connectivity index (χ4v) is 2.13. The van der Waals surface area contributed by atoms with Crippen LogP contribution in [0.3, 0.4) is 0 Å². The van der Waals surface area contributed by atoms with Crippen LogP contribution in [0.4, 0.5) is 0 Å². The van der Waals surface area contributed by atoms with E-state index in [4.69, 9.17) is 0 Å². The number of nitrogens with one attached hydrogen (secondary N) is 2. The quantitative estimate of drug-likeness (QED) is 0.783. The minimum Gasteiger partial charge on any atom is -0.452 e. The molecule has 2 aliphatic rings. The van der Waals surface area contributed by atoms with Gasteiger partial charge in [-0.05, 0) is 51.9 Å². The normalized spacial score (nSPS) is 16.4. The van der Waals surface area contributed by atoms with Crippen molar-refractivity contribution >= 4 is 11.3 Å². The molecular formula is C15H26N4OS. The van der Waals surface area contributed by atoms with E-state index >= 15 is 0 Å². The average molecular weight is 310 g/mol. The van der Waals surface area contributed by atoms with Gasteiger partial charge in [0.15, 0.2) is 6.39 Å². The molecule has 0 saturated carbocycles. The Morgan fingerprint density at radius 2 is 1.48 bits per heavy atom. The predicted octanol–water partition coefficient (Wildman–Crippen LogP) is 2.95. The van der Waals surface area contributed by atoms with Crippen molar-refractivity contribution in [2.24, 2.45) is 0 Å². The molecule has 0 aliphatic carbocycles. The number of thiazole rings is 1. The van der Waals surface area contributed by atoms with Crippen LogP contribution < -0.4 is 10.6 Å². The second kappa shape index (κ2) is 15.2. The number of rotatable bonds is 0. The molecule has 2 aromatic rings. The lowest BCUT2D eigenvalue weighted by Crippen LogP contribution is -2.21. The molecule has 2 N–H and O–H groups in total. The molecule has 2 aromatic heterocycles. The molecule has 6 heteroatoms. The third kappa shape index (κ3) is 13.5. The summed E-state index contributed by atoms with van der Waals surface area (Å²) in [6.07, 6.45) is 13.2. The summed E-state index contributed by atoms with van der Waals surface area (Å²) in [6.45, 7) is 5.00. The van der Waals surface area contributed by atoms with Crippen LogP contribution in [0.25, 0.3) is 0 Å². The molecule has 0 amide bonds. The lowest BCUT2D eigenvalue weighted by atomic mass is 10.2. The van der Waals surface area contributed by atoms with Crippen LogP contribution in [-0.2, 0) is 0 Å². The molecule has 118 valence electrons. The highest BCUT2D eigenvalue weighted by Gasteiger charge is 1.94. The van der Waals surface area contributed by atoms with Crippen LogP contribution in [0.5, 0.6) is 0 Å². The first kappa shape index (κ1) is 17.8. The van der Waals surface area contributed by atoms with E-state index in [1.807, 2.05) is 5.38 Å². The number of aromatic nitrogens is 2. The summed E-state index contributed by atoms with van der Waals surface area (Å²) in [5.74, 6) is 0. The first-order valence-corrected chi connectivity index (χ1v) is 8.50. The van der Waals surface area contributed by atoms with Gasteiger partial charge in [-0.3, -0.25) is 4.98 Å². The molecule has 0 spiro atoms. The summed E-state index contributed by atoms with van der Waals surface area (Å²) in [5.41, 5.74) is 1.79. The summed E-state index contributed by atoms with van der Waals surface area (Å²) in [7, 11) is 0. The average Bonchev–Trinajstić information content (AvgIpc) is 3.38. The van der Waals surface area contributed by atoms with Crippen LogP contribution in [0.15, 0.2) is 40.4 Å². The molecule has 4 rings (SSSR count). The van der Waals surface area contributed by atoms with Gasteiger partial charge in [-0.15, -0.1) is 11.3 Å². The number of nitrogens with zero attached hydrogens (tertiary/aromatic N) is 2. The van der Waals surface area contributed by atoms with Crippen molar-refractivity contribution in [1.82, 2.24) is 20.6 Å². The van der Waals surface area contributed by atoms with Gasteiger partial charge in [-0.1, -0.05) is 6.42 Å². The van der Waals surface area contributed by atoms with Gasteiger partial charge in [0.2, 0.25) is 0 Å². The molecular weight excluding hydrogens is 284 g/mol. The Hall–Kier alpha value is -1.24. The van der Waals surface area contributed by atoms with E-state index in [-0.39, 0.29) is 0 Å². The van der Waals surface area contributed by atoms with E-state index in [2.05, 4.69) is 25.0 Å². The molecule has 2 aliphatic heterocycles. The van der Waals surface area contributed by atoms with Crippen LogP contribution >= 0.6 is 11.3 Å². The minimum atomic E-state index is 1.25. The third-order valence-corrected chi connectivity index (χ3v) is 3.38. The fraction of sp³-hybridized carbons (Fsp3) is 0.600. The van der Waals surface area contributed by atoms with E-state index in [0.717, 1.165) is 0 Å². The van der Waals surface area contributed by atoms with Crippen molar-refractivity contribution in [2.75, 3.05) is 26.2 Å². The molecule has 0 radical (unpaired) electrons. The highest BCUT2D eigenvalue weighted by molar-refractivity contribution is 7.07. The van der Waals surface area contributed by atoms with Crippen molar-refractivity contribution in [1.29, 1.82) is 0 Å². The smallest absolute Gasteiger partial charge is 0.180 e. The van der Waals surface area contributed by atoms with Crippen LogP contribution in [0.2, 0.25) is 0 Å². The highest BCUT2D eigenvalue weighted by Crippen LogP contribution is 1.96. The topological polar surface area (TPSA) is 63.0 Å². The zero-order valence-electron chi connectivity index (χ0n) is 12.5. The monoisotopic (exact) mass is 310 g/mol. The molecule has 2 saturated heterocycles. The van der Waals surface area contributed by atoms with Gasteiger partial charge in [-0.2, -0.15) is 0 Å². The molecule has 0 bridgehead atoms. The van der Waals surface area contributed by atoms with Gasteiger partial charge in [0, 0.05) is 11.6 Å². The van der Waals surface area contributed by atoms with Gasteiger partial charge >= 0.3 is 0 Å². The number of hydrogen-bond acceptors (Lipinski definition) is 6. The van der Waals surface area contributed by atoms with Crippen molar-refractivity contribution in [2.45, 2.75) is 32.1 Å². The minimum absolute atomic E-state index is 1.25. The first-order valence-electron chi connectivity index (χ1n) is 7.56. The van der Waals surface area contributed by atoms with Gasteiger partial charge in [-0.25, -0.2) is 4.98 Å². The Morgan fingerprint density at radius 1 is 0.810 bits per heavy atom. The summed E-state index contributed by atoms with van der Waals surface area (Å²) in [6, 6.07) is 0. The van der Waals surface area contributed by atoms with Crippen molar-refractivity contribution in [3.8, 4) is 0 Å². The van der Waals surface area contributed by atoms with Crippen molar-refractivity contribution in [3.05, 3.63) is 35.9 Å². The zero-order chi connectivity index (χ0) is 14.8. The highest BCUT2D eigenvalue weighted by atomic mass is 32.1. The second-order valence-corrected chi connectivity index (χ2v) is 5.37. The predicted molar refractivity (Wildman–Crippen MR) is 87.4 cm³/mol.